The second-order valence-corrected chi connectivity index (χ2v) is 3.75. The molecular formula is C11H20N4. The van der Waals surface area contributed by atoms with E-state index in [1.807, 2.05) is 19.1 Å². The van der Waals surface area contributed by atoms with Gasteiger partial charge in [-0.1, -0.05) is 6.92 Å². The number of nitrogens with zero attached hydrogens (tertiary/aromatic N) is 2. The number of rotatable bonds is 6. The molecule has 0 amide bonds. The Hall–Kier alpha value is -1.16. The summed E-state index contributed by atoms with van der Waals surface area (Å²) in [7, 11) is 0. The number of hydrogen-bond donors (Lipinski definition) is 2. The van der Waals surface area contributed by atoms with Gasteiger partial charge in [-0.05, 0) is 32.4 Å². The van der Waals surface area contributed by atoms with E-state index in [1.54, 1.807) is 0 Å². The van der Waals surface area contributed by atoms with E-state index in [0.717, 1.165) is 31.0 Å². The molecule has 0 aromatic carbocycles. The Kier molecular flexibility index (Phi) is 5.04. The van der Waals surface area contributed by atoms with Crippen LogP contribution in [-0.4, -0.2) is 29.3 Å². The van der Waals surface area contributed by atoms with Gasteiger partial charge in [0.25, 0.3) is 0 Å². The molecule has 4 nitrogen and oxygen atoms in total. The van der Waals surface area contributed by atoms with Crippen molar-refractivity contribution in [2.24, 2.45) is 0 Å². The molecule has 0 radical (unpaired) electrons. The van der Waals surface area contributed by atoms with Crippen LogP contribution in [0.4, 0.5) is 5.82 Å². The van der Waals surface area contributed by atoms with Crippen molar-refractivity contribution in [3.63, 3.8) is 0 Å². The lowest BCUT2D eigenvalue weighted by Crippen LogP contribution is -2.30. The van der Waals surface area contributed by atoms with Gasteiger partial charge in [0, 0.05) is 19.1 Å². The van der Waals surface area contributed by atoms with Crippen molar-refractivity contribution in [3.05, 3.63) is 17.8 Å². The lowest BCUT2D eigenvalue weighted by molar-refractivity contribution is 0.546. The van der Waals surface area contributed by atoms with Gasteiger partial charge < -0.3 is 10.6 Å². The molecule has 0 aliphatic rings. The Balaban J connectivity index is 2.17. The summed E-state index contributed by atoms with van der Waals surface area (Å²) in [4.78, 5) is 0. The van der Waals surface area contributed by atoms with Gasteiger partial charge in [0.2, 0.25) is 0 Å². The van der Waals surface area contributed by atoms with E-state index in [4.69, 9.17) is 0 Å². The van der Waals surface area contributed by atoms with E-state index >= 15 is 0 Å². The van der Waals surface area contributed by atoms with Crippen molar-refractivity contribution < 1.29 is 0 Å². The summed E-state index contributed by atoms with van der Waals surface area (Å²) in [5, 5.41) is 14.6. The molecule has 0 saturated carbocycles. The Labute approximate surface area is 91.5 Å². The topological polar surface area (TPSA) is 49.8 Å². The SMILES string of the molecule is CCC(C)NCCNc1ccc(C)nn1. The lowest BCUT2D eigenvalue weighted by Gasteiger charge is -2.11. The highest BCUT2D eigenvalue weighted by Gasteiger charge is 1.96. The smallest absolute Gasteiger partial charge is 0.148 e. The minimum absolute atomic E-state index is 0.580. The van der Waals surface area contributed by atoms with Crippen LogP contribution in [0.2, 0.25) is 0 Å². The molecular weight excluding hydrogens is 188 g/mol. The van der Waals surface area contributed by atoms with Crippen LogP contribution in [0.5, 0.6) is 0 Å². The predicted molar refractivity (Wildman–Crippen MR) is 63.0 cm³/mol. The molecule has 2 N–H and O–H groups in total. The van der Waals surface area contributed by atoms with Crippen LogP contribution in [0.15, 0.2) is 12.1 Å². The van der Waals surface area contributed by atoms with Crippen LogP contribution in [-0.2, 0) is 0 Å². The molecule has 0 aliphatic heterocycles. The van der Waals surface area contributed by atoms with Crippen LogP contribution < -0.4 is 10.6 Å². The average molecular weight is 208 g/mol. The molecule has 0 fully saturated rings. The third-order valence-corrected chi connectivity index (χ3v) is 2.33. The normalized spacial score (nSPS) is 12.5. The fraction of sp³-hybridized carbons (Fsp3) is 0.636. The number of hydrogen-bond acceptors (Lipinski definition) is 4. The van der Waals surface area contributed by atoms with Crippen LogP contribution in [0.1, 0.15) is 26.0 Å². The van der Waals surface area contributed by atoms with Crippen molar-refractivity contribution >= 4 is 5.82 Å². The molecule has 0 saturated heterocycles. The van der Waals surface area contributed by atoms with Gasteiger partial charge in [-0.2, -0.15) is 5.10 Å². The Morgan fingerprint density at radius 3 is 2.67 bits per heavy atom. The third kappa shape index (κ3) is 4.74. The third-order valence-electron chi connectivity index (χ3n) is 2.33. The first-order chi connectivity index (χ1) is 7.22. The van der Waals surface area contributed by atoms with Crippen LogP contribution in [0.25, 0.3) is 0 Å². The summed E-state index contributed by atoms with van der Waals surface area (Å²) in [5.74, 6) is 0.839. The number of nitrogens with one attached hydrogen (secondary N) is 2. The molecule has 0 spiro atoms. The molecule has 84 valence electrons. The summed E-state index contributed by atoms with van der Waals surface area (Å²) in [6.45, 7) is 8.12. The van der Waals surface area contributed by atoms with Crippen molar-refractivity contribution in [1.82, 2.24) is 15.5 Å². The zero-order chi connectivity index (χ0) is 11.1. The van der Waals surface area contributed by atoms with Gasteiger partial charge in [-0.15, -0.1) is 5.10 Å². The highest BCUT2D eigenvalue weighted by atomic mass is 15.2. The summed E-state index contributed by atoms with van der Waals surface area (Å²) < 4.78 is 0. The molecule has 15 heavy (non-hydrogen) atoms. The lowest BCUT2D eigenvalue weighted by atomic mass is 10.2. The van der Waals surface area contributed by atoms with Crippen molar-refractivity contribution in [3.8, 4) is 0 Å². The molecule has 0 bridgehead atoms. The van der Waals surface area contributed by atoms with Crippen LogP contribution in [0.3, 0.4) is 0 Å². The van der Waals surface area contributed by atoms with Gasteiger partial charge in [0.05, 0.1) is 5.69 Å². The van der Waals surface area contributed by atoms with Gasteiger partial charge >= 0.3 is 0 Å². The number of aryl methyl sites for hydroxylation is 1. The zero-order valence-electron chi connectivity index (χ0n) is 9.75. The molecule has 0 aliphatic carbocycles. The molecule has 1 heterocycles. The Morgan fingerprint density at radius 1 is 1.27 bits per heavy atom. The summed E-state index contributed by atoms with van der Waals surface area (Å²) >= 11 is 0. The number of aromatic nitrogens is 2. The van der Waals surface area contributed by atoms with Crippen molar-refractivity contribution in [2.45, 2.75) is 33.2 Å². The summed E-state index contributed by atoms with van der Waals surface area (Å²) in [6, 6.07) is 4.49. The van der Waals surface area contributed by atoms with E-state index in [9.17, 15) is 0 Å². The minimum Gasteiger partial charge on any atom is -0.367 e. The van der Waals surface area contributed by atoms with Gasteiger partial charge in [0.1, 0.15) is 5.82 Å². The minimum atomic E-state index is 0.580. The fourth-order valence-corrected chi connectivity index (χ4v) is 1.15. The largest absolute Gasteiger partial charge is 0.367 e. The Morgan fingerprint density at radius 2 is 2.07 bits per heavy atom. The maximum absolute atomic E-state index is 4.03. The molecule has 4 heteroatoms. The maximum Gasteiger partial charge on any atom is 0.148 e. The average Bonchev–Trinajstić information content (AvgIpc) is 2.26. The predicted octanol–water partition coefficient (Wildman–Crippen LogP) is 1.59. The van der Waals surface area contributed by atoms with E-state index in [2.05, 4.69) is 34.7 Å². The molecule has 1 aromatic heterocycles. The summed E-state index contributed by atoms with van der Waals surface area (Å²) in [6.07, 6.45) is 1.16. The van der Waals surface area contributed by atoms with Gasteiger partial charge in [-0.25, -0.2) is 0 Å². The van der Waals surface area contributed by atoms with E-state index in [1.165, 1.54) is 0 Å². The second kappa shape index (κ2) is 6.35. The first-order valence-corrected chi connectivity index (χ1v) is 5.50. The first-order valence-electron chi connectivity index (χ1n) is 5.50. The molecule has 1 unspecified atom stereocenters. The fourth-order valence-electron chi connectivity index (χ4n) is 1.15. The zero-order valence-corrected chi connectivity index (χ0v) is 9.75. The maximum atomic E-state index is 4.03. The highest BCUT2D eigenvalue weighted by Crippen LogP contribution is 1.99. The van der Waals surface area contributed by atoms with E-state index in [0.29, 0.717) is 6.04 Å². The Bertz CT molecular complexity index is 270. The number of anilines is 1. The van der Waals surface area contributed by atoms with Crippen LogP contribution >= 0.6 is 0 Å². The molecule has 1 atom stereocenters. The quantitative estimate of drug-likeness (QED) is 0.697. The highest BCUT2D eigenvalue weighted by molar-refractivity contribution is 5.32. The van der Waals surface area contributed by atoms with Gasteiger partial charge in [-0.3, -0.25) is 0 Å². The van der Waals surface area contributed by atoms with Gasteiger partial charge in [0.15, 0.2) is 0 Å². The monoisotopic (exact) mass is 208 g/mol. The standard InChI is InChI=1S/C11H20N4/c1-4-9(2)12-7-8-13-11-6-5-10(3)14-15-11/h5-6,9,12H,4,7-8H2,1-3H3,(H,13,15). The van der Waals surface area contributed by atoms with Crippen molar-refractivity contribution in [1.29, 1.82) is 0 Å². The second-order valence-electron chi connectivity index (χ2n) is 3.75. The van der Waals surface area contributed by atoms with Crippen molar-refractivity contribution in [2.75, 3.05) is 18.4 Å². The molecule has 1 aromatic rings. The van der Waals surface area contributed by atoms with Crippen LogP contribution in [0, 0.1) is 6.92 Å². The van der Waals surface area contributed by atoms with E-state index in [-0.39, 0.29) is 0 Å². The van der Waals surface area contributed by atoms with E-state index < -0.39 is 0 Å². The molecule has 1 rings (SSSR count). The first kappa shape index (κ1) is 11.9. The summed E-state index contributed by atoms with van der Waals surface area (Å²) in [5.41, 5.74) is 0.943.